The van der Waals surface area contributed by atoms with E-state index in [1.54, 1.807) is 35.2 Å². The molecule has 6 nitrogen and oxygen atoms in total. The highest BCUT2D eigenvalue weighted by molar-refractivity contribution is 5.96. The zero-order chi connectivity index (χ0) is 20.1. The lowest BCUT2D eigenvalue weighted by atomic mass is 10.0. The molecule has 7 heteroatoms. The third-order valence-electron chi connectivity index (χ3n) is 4.84. The van der Waals surface area contributed by atoms with Crippen molar-refractivity contribution in [2.24, 2.45) is 0 Å². The number of rotatable bonds is 5. The van der Waals surface area contributed by atoms with Gasteiger partial charge in [0, 0.05) is 30.8 Å². The van der Waals surface area contributed by atoms with Gasteiger partial charge in [-0.25, -0.2) is 4.39 Å². The van der Waals surface area contributed by atoms with Crippen LogP contribution in [0.3, 0.4) is 0 Å². The molecular weight excluding hydrogens is 363 g/mol. The molecule has 148 valence electrons. The van der Waals surface area contributed by atoms with Crippen LogP contribution in [0.2, 0.25) is 0 Å². The maximum absolute atomic E-state index is 13.8. The monoisotopic (exact) mass is 386 g/mol. The molecule has 0 atom stereocenters. The first kappa shape index (κ1) is 19.7. The third kappa shape index (κ3) is 4.42. The van der Waals surface area contributed by atoms with Gasteiger partial charge in [0.15, 0.2) is 0 Å². The molecule has 0 radical (unpaired) electrons. The number of carbonyl (C=O) groups excluding carboxylic acids is 2. The zero-order valence-corrected chi connectivity index (χ0v) is 15.9. The Morgan fingerprint density at radius 3 is 2.21 bits per heavy atom. The van der Waals surface area contributed by atoms with E-state index in [4.69, 9.17) is 9.47 Å². The van der Waals surface area contributed by atoms with Gasteiger partial charge in [-0.05, 0) is 37.1 Å². The SMILES string of the molecule is COc1cc(OC)cc(C(=O)NC2CCN(C(=O)c3ccccc3F)CC2)c1. The van der Waals surface area contributed by atoms with Crippen LogP contribution in [0.4, 0.5) is 4.39 Å². The molecule has 1 heterocycles. The fourth-order valence-electron chi connectivity index (χ4n) is 3.24. The number of methoxy groups -OCH3 is 2. The van der Waals surface area contributed by atoms with Crippen molar-refractivity contribution in [3.8, 4) is 11.5 Å². The number of carbonyl (C=O) groups is 2. The van der Waals surface area contributed by atoms with Crippen molar-refractivity contribution in [2.45, 2.75) is 18.9 Å². The van der Waals surface area contributed by atoms with Crippen LogP contribution in [-0.4, -0.2) is 50.1 Å². The Kier molecular flexibility index (Phi) is 6.13. The fraction of sp³-hybridized carbons (Fsp3) is 0.333. The van der Waals surface area contributed by atoms with Crippen molar-refractivity contribution < 1.29 is 23.5 Å². The maximum atomic E-state index is 13.8. The summed E-state index contributed by atoms with van der Waals surface area (Å²) in [5.41, 5.74) is 0.523. The first-order valence-corrected chi connectivity index (χ1v) is 9.09. The van der Waals surface area contributed by atoms with Crippen molar-refractivity contribution in [1.29, 1.82) is 0 Å². The van der Waals surface area contributed by atoms with E-state index < -0.39 is 5.82 Å². The molecule has 2 aromatic carbocycles. The summed E-state index contributed by atoms with van der Waals surface area (Å²) in [6, 6.07) is 10.9. The summed E-state index contributed by atoms with van der Waals surface area (Å²) in [6.07, 6.45) is 1.21. The summed E-state index contributed by atoms with van der Waals surface area (Å²) < 4.78 is 24.2. The number of hydrogen-bond acceptors (Lipinski definition) is 4. The standard InChI is InChI=1S/C21H23FN2O4/c1-27-16-11-14(12-17(13-16)28-2)20(25)23-15-7-9-24(10-8-15)21(26)18-5-3-4-6-19(18)22/h3-6,11-13,15H,7-10H2,1-2H3,(H,23,25). The number of halogens is 1. The lowest BCUT2D eigenvalue weighted by Gasteiger charge is -2.32. The Balaban J connectivity index is 1.59. The van der Waals surface area contributed by atoms with E-state index in [2.05, 4.69) is 5.32 Å². The Labute approximate surface area is 163 Å². The van der Waals surface area contributed by atoms with Crippen LogP contribution >= 0.6 is 0 Å². The van der Waals surface area contributed by atoms with E-state index in [1.165, 1.54) is 26.4 Å². The van der Waals surface area contributed by atoms with Crippen LogP contribution in [0.25, 0.3) is 0 Å². The van der Waals surface area contributed by atoms with E-state index in [-0.39, 0.29) is 23.4 Å². The summed E-state index contributed by atoms with van der Waals surface area (Å²) in [6.45, 7) is 0.916. The number of hydrogen-bond donors (Lipinski definition) is 1. The van der Waals surface area contributed by atoms with Crippen molar-refractivity contribution in [3.05, 3.63) is 59.4 Å². The highest BCUT2D eigenvalue weighted by atomic mass is 19.1. The predicted octanol–water partition coefficient (Wildman–Crippen LogP) is 2.88. The molecule has 0 unspecified atom stereocenters. The molecule has 1 fully saturated rings. The number of ether oxygens (including phenoxy) is 2. The largest absolute Gasteiger partial charge is 0.497 e. The van der Waals surface area contributed by atoms with Crippen LogP contribution in [0.15, 0.2) is 42.5 Å². The van der Waals surface area contributed by atoms with Crippen molar-refractivity contribution in [2.75, 3.05) is 27.3 Å². The fourth-order valence-corrected chi connectivity index (χ4v) is 3.24. The lowest BCUT2D eigenvalue weighted by molar-refractivity contribution is 0.0693. The minimum absolute atomic E-state index is 0.0608. The molecule has 0 spiro atoms. The molecule has 1 aliphatic heterocycles. The summed E-state index contributed by atoms with van der Waals surface area (Å²) in [5.74, 6) is 0.0102. The minimum Gasteiger partial charge on any atom is -0.497 e. The second-order valence-corrected chi connectivity index (χ2v) is 6.62. The van der Waals surface area contributed by atoms with Gasteiger partial charge in [0.2, 0.25) is 0 Å². The topological polar surface area (TPSA) is 67.9 Å². The van der Waals surface area contributed by atoms with Gasteiger partial charge in [0.1, 0.15) is 17.3 Å². The Morgan fingerprint density at radius 1 is 1.04 bits per heavy atom. The molecule has 0 bridgehead atoms. The van der Waals surface area contributed by atoms with E-state index in [0.717, 1.165) is 0 Å². The average Bonchev–Trinajstić information content (AvgIpc) is 2.73. The normalized spacial score (nSPS) is 14.5. The second kappa shape index (κ2) is 8.73. The molecule has 0 aromatic heterocycles. The zero-order valence-electron chi connectivity index (χ0n) is 15.9. The predicted molar refractivity (Wildman–Crippen MR) is 102 cm³/mol. The maximum Gasteiger partial charge on any atom is 0.256 e. The van der Waals surface area contributed by atoms with Gasteiger partial charge in [0.05, 0.1) is 19.8 Å². The Bertz CT molecular complexity index is 841. The van der Waals surface area contributed by atoms with E-state index >= 15 is 0 Å². The molecule has 0 saturated carbocycles. The van der Waals surface area contributed by atoms with Gasteiger partial charge >= 0.3 is 0 Å². The Hall–Kier alpha value is -3.09. The van der Waals surface area contributed by atoms with Crippen molar-refractivity contribution in [1.82, 2.24) is 10.2 Å². The second-order valence-electron chi connectivity index (χ2n) is 6.62. The minimum atomic E-state index is -0.519. The van der Waals surface area contributed by atoms with E-state index in [0.29, 0.717) is 43.0 Å². The van der Waals surface area contributed by atoms with Gasteiger partial charge in [-0.3, -0.25) is 9.59 Å². The molecule has 28 heavy (non-hydrogen) atoms. The highest BCUT2D eigenvalue weighted by Crippen LogP contribution is 2.23. The molecular formula is C21H23FN2O4. The number of benzene rings is 2. The van der Waals surface area contributed by atoms with Crippen LogP contribution in [0.5, 0.6) is 11.5 Å². The smallest absolute Gasteiger partial charge is 0.256 e. The molecule has 1 N–H and O–H groups in total. The summed E-state index contributed by atoms with van der Waals surface area (Å²) >= 11 is 0. The quantitative estimate of drug-likeness (QED) is 0.858. The van der Waals surface area contributed by atoms with E-state index in [1.807, 2.05) is 0 Å². The first-order chi connectivity index (χ1) is 13.5. The summed E-state index contributed by atoms with van der Waals surface area (Å²) in [5, 5.41) is 2.99. The molecule has 1 aliphatic rings. The Morgan fingerprint density at radius 2 is 1.64 bits per heavy atom. The summed E-state index contributed by atoms with van der Waals surface area (Å²) in [4.78, 5) is 26.7. The molecule has 0 aliphatic carbocycles. The number of nitrogens with one attached hydrogen (secondary N) is 1. The van der Waals surface area contributed by atoms with Crippen LogP contribution in [-0.2, 0) is 0 Å². The molecule has 3 rings (SSSR count). The van der Waals surface area contributed by atoms with Gasteiger partial charge in [-0.2, -0.15) is 0 Å². The molecule has 1 saturated heterocycles. The lowest BCUT2D eigenvalue weighted by Crippen LogP contribution is -2.46. The third-order valence-corrected chi connectivity index (χ3v) is 4.84. The van der Waals surface area contributed by atoms with Gasteiger partial charge in [-0.15, -0.1) is 0 Å². The van der Waals surface area contributed by atoms with Crippen LogP contribution in [0, 0.1) is 5.82 Å². The number of piperidine rings is 1. The van der Waals surface area contributed by atoms with Gasteiger partial charge < -0.3 is 19.7 Å². The van der Waals surface area contributed by atoms with Crippen molar-refractivity contribution >= 4 is 11.8 Å². The molecule has 2 aromatic rings. The number of likely N-dealkylation sites (tertiary alicyclic amines) is 1. The van der Waals surface area contributed by atoms with E-state index in [9.17, 15) is 14.0 Å². The van der Waals surface area contributed by atoms with Crippen LogP contribution in [0.1, 0.15) is 33.6 Å². The average molecular weight is 386 g/mol. The van der Waals surface area contributed by atoms with Crippen LogP contribution < -0.4 is 14.8 Å². The number of amides is 2. The van der Waals surface area contributed by atoms with Gasteiger partial charge in [-0.1, -0.05) is 12.1 Å². The number of nitrogens with zero attached hydrogens (tertiary/aromatic N) is 1. The summed E-state index contributed by atoms with van der Waals surface area (Å²) in [7, 11) is 3.05. The van der Waals surface area contributed by atoms with Crippen molar-refractivity contribution in [3.63, 3.8) is 0 Å². The first-order valence-electron chi connectivity index (χ1n) is 9.09. The van der Waals surface area contributed by atoms with Gasteiger partial charge in [0.25, 0.3) is 11.8 Å². The molecule has 2 amide bonds. The highest BCUT2D eigenvalue weighted by Gasteiger charge is 2.26.